The van der Waals surface area contributed by atoms with Gasteiger partial charge in [0.2, 0.25) is 4.77 Å². The van der Waals surface area contributed by atoms with Crippen LogP contribution in [0.4, 0.5) is 42.1 Å². The number of nitrogens with one attached hydrogen (secondary N) is 2. The van der Waals surface area contributed by atoms with Gasteiger partial charge in [0, 0.05) is 11.6 Å². The molecule has 4 rings (SSSR count). The maximum Gasteiger partial charge on any atom is 0.460 e. The molecule has 3 aromatic carbocycles. The molecule has 1 atom stereocenters. The van der Waals surface area contributed by atoms with Gasteiger partial charge >= 0.3 is 23.9 Å². The van der Waals surface area contributed by atoms with E-state index in [1.54, 1.807) is 43.3 Å². The Labute approximate surface area is 317 Å². The molecule has 0 saturated heterocycles. The zero-order valence-electron chi connectivity index (χ0n) is 31.0. The summed E-state index contributed by atoms with van der Waals surface area (Å²) < 4.78 is 103. The van der Waals surface area contributed by atoms with Crippen molar-refractivity contribution in [2.45, 2.75) is 103 Å². The molecule has 0 bridgehead atoms. The minimum absolute atomic E-state index is 0.127. The third-order valence-electron chi connectivity index (χ3n) is 9.66. The minimum Gasteiger partial charge on any atom is -0.506 e. The molecule has 18 heteroatoms. The zero-order valence-corrected chi connectivity index (χ0v) is 31.8. The van der Waals surface area contributed by atoms with Crippen molar-refractivity contribution in [1.82, 2.24) is 19.8 Å². The van der Waals surface area contributed by atoms with Crippen LogP contribution >= 0.6 is 12.2 Å². The Balaban J connectivity index is 1.79. The van der Waals surface area contributed by atoms with E-state index >= 15 is 0 Å². The molecule has 1 unspecified atom stereocenters. The number of benzene rings is 3. The largest absolute Gasteiger partial charge is 0.506 e. The van der Waals surface area contributed by atoms with E-state index in [0.717, 1.165) is 39.4 Å². The lowest BCUT2D eigenvalue weighted by Crippen LogP contribution is -2.57. The molecule has 3 N–H and O–H groups in total. The van der Waals surface area contributed by atoms with Crippen LogP contribution in [0.3, 0.4) is 0 Å². The van der Waals surface area contributed by atoms with Gasteiger partial charge < -0.3 is 20.5 Å². The number of carbonyl (C=O) groups excluding carboxylic acids is 2. The number of hydrogen-bond acceptors (Lipinski definition) is 7. The number of ether oxygens (including phenoxy) is 1. The number of hydrogen-bond donors (Lipinski definition) is 3. The molecule has 55 heavy (non-hydrogen) atoms. The van der Waals surface area contributed by atoms with Gasteiger partial charge in [0.05, 0.1) is 22.7 Å². The summed E-state index contributed by atoms with van der Waals surface area (Å²) in [6.45, 7) is 14.1. The summed E-state index contributed by atoms with van der Waals surface area (Å²) in [6.07, 6.45) is -6.23. The first-order valence-electron chi connectivity index (χ1n) is 17.2. The van der Waals surface area contributed by atoms with Gasteiger partial charge in [0.1, 0.15) is 11.5 Å². The van der Waals surface area contributed by atoms with Gasteiger partial charge in [-0.05, 0) is 82.6 Å². The average molecular weight is 799 g/mol. The number of aromatic nitrogens is 4. The lowest BCUT2D eigenvalue weighted by molar-refractivity contribution is -0.343. The van der Waals surface area contributed by atoms with Gasteiger partial charge in [-0.15, -0.1) is 0 Å². The van der Waals surface area contributed by atoms with Crippen molar-refractivity contribution >= 4 is 35.4 Å². The highest BCUT2D eigenvalue weighted by Gasteiger charge is 2.76. The predicted octanol–water partition coefficient (Wildman–Crippen LogP) is 9.44. The van der Waals surface area contributed by atoms with E-state index < -0.39 is 47.4 Å². The number of para-hydroxylation sites is 1. The van der Waals surface area contributed by atoms with E-state index in [2.05, 4.69) is 42.6 Å². The smallest absolute Gasteiger partial charge is 0.460 e. The molecule has 10 nitrogen and oxygen atoms in total. The summed E-state index contributed by atoms with van der Waals surface area (Å²) in [5, 5.41) is 22.5. The summed E-state index contributed by atoms with van der Waals surface area (Å²) in [5.41, 5.74) is 0.112. The fraction of sp³-hybridized carbons (Fsp3) is 0.432. The Morgan fingerprint density at radius 2 is 1.42 bits per heavy atom. The molecule has 1 heterocycles. The minimum atomic E-state index is -6.79. The second kappa shape index (κ2) is 15.6. The lowest BCUT2D eigenvalue weighted by atomic mass is 9.76. The summed E-state index contributed by atoms with van der Waals surface area (Å²) in [4.78, 5) is 26.2. The molecule has 0 saturated carbocycles. The number of rotatable bonds is 14. The van der Waals surface area contributed by atoms with Crippen LogP contribution in [0.15, 0.2) is 60.7 Å². The first-order chi connectivity index (χ1) is 25.4. The molecule has 0 fully saturated rings. The number of anilines is 2. The van der Waals surface area contributed by atoms with E-state index in [0.29, 0.717) is 17.5 Å². The molecule has 0 aliphatic heterocycles. The summed E-state index contributed by atoms with van der Waals surface area (Å²) in [6, 6.07) is 15.4. The number of aromatic hydroxyl groups is 1. The van der Waals surface area contributed by atoms with Crippen LogP contribution < -0.4 is 15.4 Å². The van der Waals surface area contributed by atoms with E-state index in [1.807, 2.05) is 26.8 Å². The lowest BCUT2D eigenvalue weighted by Gasteiger charge is -2.31. The molecule has 0 aliphatic carbocycles. The Morgan fingerprint density at radius 3 is 1.98 bits per heavy atom. The van der Waals surface area contributed by atoms with Gasteiger partial charge in [-0.25, -0.2) is 0 Å². The number of carbonyl (C=O) groups is 2. The topological polar surface area (TPSA) is 123 Å². The van der Waals surface area contributed by atoms with Crippen molar-refractivity contribution in [1.29, 1.82) is 0 Å². The van der Waals surface area contributed by atoms with Crippen LogP contribution in [0.2, 0.25) is 0 Å². The maximum atomic E-state index is 14.3. The van der Waals surface area contributed by atoms with Gasteiger partial charge in [0.25, 0.3) is 5.91 Å². The van der Waals surface area contributed by atoms with Crippen molar-refractivity contribution in [3.05, 3.63) is 76.6 Å². The van der Waals surface area contributed by atoms with Gasteiger partial charge in [-0.1, -0.05) is 78.8 Å². The van der Waals surface area contributed by atoms with Crippen molar-refractivity contribution in [2.75, 3.05) is 10.6 Å². The third-order valence-corrected chi connectivity index (χ3v) is 10.0. The normalized spacial score (nSPS) is 13.3. The van der Waals surface area contributed by atoms with Crippen LogP contribution in [0.5, 0.6) is 11.5 Å². The summed E-state index contributed by atoms with van der Waals surface area (Å²) >= 11 is 5.51. The molecule has 2 amide bonds. The number of amides is 2. The van der Waals surface area contributed by atoms with Crippen LogP contribution in [-0.2, 0) is 20.4 Å². The third kappa shape index (κ3) is 8.48. The van der Waals surface area contributed by atoms with E-state index in [4.69, 9.17) is 17.0 Å². The number of phenolic OH excluding ortho intramolecular Hbond substituents is 1. The van der Waals surface area contributed by atoms with E-state index in [9.17, 15) is 45.4 Å². The molecular weight excluding hydrogens is 757 g/mol. The predicted molar refractivity (Wildman–Crippen MR) is 194 cm³/mol. The molecule has 4 aromatic rings. The summed E-state index contributed by atoms with van der Waals surface area (Å²) in [7, 11) is 0. The van der Waals surface area contributed by atoms with E-state index in [-0.39, 0.29) is 33.4 Å². The molecular formula is C37H41F7N6O4S. The quantitative estimate of drug-likeness (QED) is 0.0660. The Morgan fingerprint density at radius 1 is 0.818 bits per heavy atom. The standard InChI is InChI=1S/C37H41F7N6O4S/c1-8-28(54-29-17-16-21(33(4,5)9-2)18-23(29)34(6,7)10-3)30(52)45-24-20-27(51)25(46-31(53)35(38,39)36(40,41)37(42,43)44)19-26(24)50-32(55)49(47-48-50)22-14-12-11-13-15-22/h11-20,28,51H,8-10H2,1-7H3,(H,45,52)(H,46,53). The molecule has 298 valence electrons. The molecule has 0 spiro atoms. The number of tetrazole rings is 1. The Hall–Kier alpha value is -5.00. The Kier molecular flexibility index (Phi) is 12.1. The maximum absolute atomic E-state index is 14.3. The zero-order chi connectivity index (χ0) is 41.3. The Bertz CT molecular complexity index is 2100. The number of halogens is 7. The van der Waals surface area contributed by atoms with Crippen LogP contribution in [0.1, 0.15) is 78.9 Å². The highest BCUT2D eigenvalue weighted by Crippen LogP contribution is 2.47. The fourth-order valence-corrected chi connectivity index (χ4v) is 5.55. The highest BCUT2D eigenvalue weighted by molar-refractivity contribution is 7.71. The first-order valence-corrected chi connectivity index (χ1v) is 17.6. The number of phenols is 1. The van der Waals surface area contributed by atoms with Crippen molar-refractivity contribution in [2.24, 2.45) is 0 Å². The van der Waals surface area contributed by atoms with Crippen LogP contribution in [0.25, 0.3) is 11.4 Å². The van der Waals surface area contributed by atoms with Crippen LogP contribution in [-0.4, -0.2) is 60.8 Å². The molecule has 0 aliphatic rings. The molecule has 0 radical (unpaired) electrons. The monoisotopic (exact) mass is 798 g/mol. The fourth-order valence-electron chi connectivity index (χ4n) is 5.27. The first kappa shape index (κ1) is 42.7. The van der Waals surface area contributed by atoms with Gasteiger partial charge in [-0.3, -0.25) is 9.59 Å². The van der Waals surface area contributed by atoms with Crippen molar-refractivity contribution in [3.63, 3.8) is 0 Å². The SMILES string of the molecule is CCC(Oc1ccc(C(C)(C)CC)cc1C(C)(C)CC)C(=O)Nc1cc(O)c(NC(=O)C(F)(F)C(F)(F)C(F)(F)F)cc1-n1nnn(-c2ccccc2)c1=S. The van der Waals surface area contributed by atoms with Crippen molar-refractivity contribution < 1.29 is 50.2 Å². The highest BCUT2D eigenvalue weighted by atomic mass is 32.1. The van der Waals surface area contributed by atoms with Crippen molar-refractivity contribution in [3.8, 4) is 22.9 Å². The average Bonchev–Trinajstić information content (AvgIpc) is 3.51. The molecule has 1 aromatic heterocycles. The second-order valence-electron chi connectivity index (χ2n) is 14.1. The number of alkyl halides is 7. The summed E-state index contributed by atoms with van der Waals surface area (Å²) in [5.74, 6) is -17.6. The van der Waals surface area contributed by atoms with E-state index in [1.165, 1.54) is 5.32 Å². The second-order valence-corrected chi connectivity index (χ2v) is 14.5. The van der Waals surface area contributed by atoms with Gasteiger partial charge in [0.15, 0.2) is 6.10 Å². The van der Waals surface area contributed by atoms with Gasteiger partial charge in [-0.2, -0.15) is 40.1 Å². The van der Waals surface area contributed by atoms with Crippen LogP contribution in [0, 0.1) is 4.77 Å². The number of nitrogens with zero attached hydrogens (tertiary/aromatic N) is 4.